The van der Waals surface area contributed by atoms with Crippen LogP contribution in [0.25, 0.3) is 0 Å². The zero-order valence-electron chi connectivity index (χ0n) is 15.2. The fourth-order valence-electron chi connectivity index (χ4n) is 3.35. The first kappa shape index (κ1) is 19.0. The normalized spacial score (nSPS) is 19.0. The maximum atomic E-state index is 9.29. The lowest BCUT2D eigenvalue weighted by atomic mass is 10.0. The number of aliphatic hydroxyl groups excluding tert-OH is 1. The number of aromatic nitrogens is 1. The van der Waals surface area contributed by atoms with Gasteiger partial charge in [-0.15, -0.1) is 0 Å². The van der Waals surface area contributed by atoms with Crippen LogP contribution in [0.4, 0.5) is 0 Å². The van der Waals surface area contributed by atoms with Crippen LogP contribution < -0.4 is 5.32 Å². The Hall–Kier alpha value is -2.35. The molecule has 7 heteroatoms. The average Bonchev–Trinajstić information content (AvgIpc) is 3.31. The number of aliphatic hydroxyl groups is 1. The van der Waals surface area contributed by atoms with Crippen molar-refractivity contribution >= 4 is 29.1 Å². The summed E-state index contributed by atoms with van der Waals surface area (Å²) in [7, 11) is 0. The first-order chi connectivity index (χ1) is 13.8. The third-order valence-electron chi connectivity index (χ3n) is 4.61. The zero-order valence-corrected chi connectivity index (χ0v) is 16.8. The summed E-state index contributed by atoms with van der Waals surface area (Å²) >= 11 is 7.17. The van der Waals surface area contributed by atoms with Gasteiger partial charge >= 0.3 is 0 Å². The molecule has 0 unspecified atom stereocenters. The quantitative estimate of drug-likeness (QED) is 0.566. The van der Waals surface area contributed by atoms with Gasteiger partial charge in [-0.3, -0.25) is 4.98 Å². The van der Waals surface area contributed by atoms with Gasteiger partial charge in [0.05, 0.1) is 11.7 Å². The summed E-state index contributed by atoms with van der Waals surface area (Å²) in [4.78, 5) is 7.73. The third-order valence-corrected chi connectivity index (χ3v) is 5.89. The second-order valence-electron chi connectivity index (χ2n) is 6.47. The summed E-state index contributed by atoms with van der Waals surface area (Å²) < 4.78 is 6.21. The van der Waals surface area contributed by atoms with Crippen molar-refractivity contribution in [3.63, 3.8) is 0 Å². The van der Waals surface area contributed by atoms with Crippen LogP contribution >= 0.6 is 24.0 Å². The molecule has 2 N–H and O–H groups in total. The van der Waals surface area contributed by atoms with E-state index in [0.717, 1.165) is 21.4 Å². The van der Waals surface area contributed by atoms with Gasteiger partial charge in [-0.1, -0.05) is 36.0 Å². The van der Waals surface area contributed by atoms with E-state index in [-0.39, 0.29) is 18.7 Å². The van der Waals surface area contributed by atoms with Crippen molar-refractivity contribution in [2.24, 2.45) is 0 Å². The van der Waals surface area contributed by atoms with E-state index in [1.165, 1.54) is 0 Å². The van der Waals surface area contributed by atoms with Gasteiger partial charge in [0, 0.05) is 24.2 Å². The van der Waals surface area contributed by atoms with Crippen LogP contribution in [0.15, 0.2) is 81.3 Å². The Morgan fingerprint density at radius 2 is 1.93 bits per heavy atom. The molecular formula is C21H21N3O2S2. The second-order valence-corrected chi connectivity index (χ2v) is 7.93. The van der Waals surface area contributed by atoms with E-state index in [1.807, 2.05) is 48.5 Å². The number of thiocarbonyl (C=S) groups is 1. The minimum atomic E-state index is -0.112. The molecule has 3 heterocycles. The summed E-state index contributed by atoms with van der Waals surface area (Å²) in [5.74, 6) is 0.833. The lowest BCUT2D eigenvalue weighted by molar-refractivity contribution is 0.226. The van der Waals surface area contributed by atoms with E-state index >= 15 is 0 Å². The second kappa shape index (κ2) is 8.77. The van der Waals surface area contributed by atoms with Crippen molar-refractivity contribution < 1.29 is 9.52 Å². The molecule has 0 spiro atoms. The molecule has 1 saturated heterocycles. The summed E-state index contributed by atoms with van der Waals surface area (Å²) in [5.41, 5.74) is 0.912. The molecule has 144 valence electrons. The van der Waals surface area contributed by atoms with Crippen molar-refractivity contribution in [1.29, 1.82) is 0 Å². The van der Waals surface area contributed by atoms with E-state index in [0.29, 0.717) is 18.1 Å². The van der Waals surface area contributed by atoms with Crippen LogP contribution in [0.2, 0.25) is 0 Å². The van der Waals surface area contributed by atoms with Crippen molar-refractivity contribution in [1.82, 2.24) is 15.2 Å². The maximum absolute atomic E-state index is 9.29. The van der Waals surface area contributed by atoms with Crippen molar-refractivity contribution in [2.45, 2.75) is 28.5 Å². The van der Waals surface area contributed by atoms with E-state index < -0.39 is 0 Å². The van der Waals surface area contributed by atoms with Crippen LogP contribution in [-0.4, -0.2) is 33.3 Å². The van der Waals surface area contributed by atoms with Gasteiger partial charge in [-0.25, -0.2) is 0 Å². The lowest BCUT2D eigenvalue weighted by Crippen LogP contribution is -2.30. The topological polar surface area (TPSA) is 61.5 Å². The number of nitrogens with one attached hydrogen (secondary N) is 1. The number of nitrogens with zero attached hydrogens (tertiary/aromatic N) is 2. The number of pyridine rings is 1. The molecule has 1 aliphatic rings. The minimum absolute atomic E-state index is 0.104. The van der Waals surface area contributed by atoms with Crippen LogP contribution in [0.3, 0.4) is 0 Å². The first-order valence-electron chi connectivity index (χ1n) is 9.18. The first-order valence-corrected chi connectivity index (χ1v) is 10.4. The van der Waals surface area contributed by atoms with Gasteiger partial charge in [-0.2, -0.15) is 0 Å². The minimum Gasteiger partial charge on any atom is -0.452 e. The fourth-order valence-corrected chi connectivity index (χ4v) is 4.48. The maximum Gasteiger partial charge on any atom is 0.170 e. The monoisotopic (exact) mass is 411 g/mol. The molecule has 28 heavy (non-hydrogen) atoms. The molecule has 0 radical (unpaired) electrons. The van der Waals surface area contributed by atoms with Crippen molar-refractivity contribution in [2.75, 3.05) is 13.2 Å². The number of benzene rings is 1. The van der Waals surface area contributed by atoms with Gasteiger partial charge in [0.1, 0.15) is 11.8 Å². The Labute approximate surface area is 173 Å². The Morgan fingerprint density at radius 1 is 1.11 bits per heavy atom. The highest BCUT2D eigenvalue weighted by Gasteiger charge is 2.41. The number of rotatable bonds is 7. The standard InChI is InChI=1S/C21H21N3O2S2/c25-14-6-13-24-20(19(23-21(24)27)16-9-4-5-12-22-16)17-10-11-18(26-17)28-15-7-2-1-3-8-15/h1-5,7-12,19-20,25H,6,13-14H2,(H,23,27)/t19-,20-/m1/s1. The predicted molar refractivity (Wildman–Crippen MR) is 113 cm³/mol. The molecular weight excluding hydrogens is 390 g/mol. The summed E-state index contributed by atoms with van der Waals surface area (Å²) in [6, 6.07) is 19.8. The Bertz CT molecular complexity index is 918. The summed E-state index contributed by atoms with van der Waals surface area (Å²) in [6.07, 6.45) is 2.42. The number of hydrogen-bond donors (Lipinski definition) is 2. The molecule has 0 aliphatic carbocycles. The number of hydrogen-bond acceptors (Lipinski definition) is 5. The van der Waals surface area contributed by atoms with Crippen molar-refractivity contribution in [3.05, 3.63) is 78.3 Å². The average molecular weight is 412 g/mol. The fraction of sp³-hybridized carbons (Fsp3) is 0.238. The molecule has 5 nitrogen and oxygen atoms in total. The van der Waals surface area contributed by atoms with E-state index in [1.54, 1.807) is 18.0 Å². The van der Waals surface area contributed by atoms with Crippen LogP contribution in [0.5, 0.6) is 0 Å². The smallest absolute Gasteiger partial charge is 0.170 e. The Kier molecular flexibility index (Phi) is 5.95. The molecule has 3 aromatic rings. The van der Waals surface area contributed by atoms with Gasteiger partial charge < -0.3 is 19.7 Å². The molecule has 0 bridgehead atoms. The Morgan fingerprint density at radius 3 is 2.68 bits per heavy atom. The van der Waals surface area contributed by atoms with Crippen LogP contribution in [-0.2, 0) is 0 Å². The molecule has 2 atom stereocenters. The summed E-state index contributed by atoms with van der Waals surface area (Å²) in [6.45, 7) is 0.769. The van der Waals surface area contributed by atoms with Gasteiger partial charge in [0.15, 0.2) is 10.2 Å². The molecule has 0 saturated carbocycles. The molecule has 2 aromatic heterocycles. The van der Waals surface area contributed by atoms with E-state index in [4.69, 9.17) is 16.6 Å². The predicted octanol–water partition coefficient (Wildman–Crippen LogP) is 4.18. The van der Waals surface area contributed by atoms with Crippen molar-refractivity contribution in [3.8, 4) is 0 Å². The molecule has 0 amide bonds. The van der Waals surface area contributed by atoms with Gasteiger partial charge in [-0.05, 0) is 55.0 Å². The Balaban J connectivity index is 1.63. The van der Waals surface area contributed by atoms with Crippen LogP contribution in [0.1, 0.15) is 30.0 Å². The largest absolute Gasteiger partial charge is 0.452 e. The molecule has 1 fully saturated rings. The third kappa shape index (κ3) is 4.06. The lowest BCUT2D eigenvalue weighted by Gasteiger charge is -2.25. The SMILES string of the molecule is OCCCN1C(=S)N[C@H](c2ccccn2)[C@H]1c1ccc(Sc2ccccc2)o1. The summed E-state index contributed by atoms with van der Waals surface area (Å²) in [5, 5.41) is 14.2. The molecule has 4 rings (SSSR count). The molecule has 1 aliphatic heterocycles. The van der Waals surface area contributed by atoms with E-state index in [9.17, 15) is 5.11 Å². The highest BCUT2D eigenvalue weighted by molar-refractivity contribution is 7.99. The number of furan rings is 1. The van der Waals surface area contributed by atoms with Crippen LogP contribution in [0, 0.1) is 0 Å². The highest BCUT2D eigenvalue weighted by Crippen LogP contribution is 2.41. The van der Waals surface area contributed by atoms with E-state index in [2.05, 4.69) is 27.3 Å². The van der Waals surface area contributed by atoms with Gasteiger partial charge in [0.2, 0.25) is 0 Å². The molecule has 1 aromatic carbocycles. The zero-order chi connectivity index (χ0) is 19.3. The highest BCUT2D eigenvalue weighted by atomic mass is 32.2. The van der Waals surface area contributed by atoms with Gasteiger partial charge in [0.25, 0.3) is 0 Å².